The molecular formula is C21H24N4O2S. The molecule has 28 heavy (non-hydrogen) atoms. The van der Waals surface area contributed by atoms with Gasteiger partial charge in [-0.25, -0.2) is 9.78 Å². The van der Waals surface area contributed by atoms with Crippen LogP contribution in [0.3, 0.4) is 0 Å². The van der Waals surface area contributed by atoms with Gasteiger partial charge in [-0.1, -0.05) is 29.5 Å². The van der Waals surface area contributed by atoms with E-state index in [1.807, 2.05) is 29.2 Å². The number of aromatic nitrogens is 1. The predicted molar refractivity (Wildman–Crippen MR) is 115 cm³/mol. The number of methoxy groups -OCH3 is 1. The highest BCUT2D eigenvalue weighted by Crippen LogP contribution is 2.32. The molecule has 0 saturated carbocycles. The highest BCUT2D eigenvalue weighted by molar-refractivity contribution is 7.22. The molecule has 4 rings (SSSR count). The maximum atomic E-state index is 12.6. The SMILES string of the molecule is COc1ccccc1NC(=O)N1CCN(c2nc3c(C)c(C)ccc3s2)CC1. The largest absolute Gasteiger partial charge is 0.495 e. The van der Waals surface area contributed by atoms with E-state index in [4.69, 9.17) is 9.72 Å². The van der Waals surface area contributed by atoms with Crippen LogP contribution < -0.4 is 15.0 Å². The smallest absolute Gasteiger partial charge is 0.322 e. The minimum atomic E-state index is -0.0973. The Hall–Kier alpha value is -2.80. The van der Waals surface area contributed by atoms with E-state index >= 15 is 0 Å². The number of ether oxygens (including phenoxy) is 1. The van der Waals surface area contributed by atoms with Crippen LogP contribution in [0.1, 0.15) is 11.1 Å². The molecule has 3 aromatic rings. The molecule has 1 fully saturated rings. The first-order chi connectivity index (χ1) is 13.6. The fourth-order valence-corrected chi connectivity index (χ4v) is 4.47. The number of nitrogens with zero attached hydrogens (tertiary/aromatic N) is 3. The number of hydrogen-bond donors (Lipinski definition) is 1. The number of para-hydroxylation sites is 2. The molecular weight excluding hydrogens is 372 g/mol. The highest BCUT2D eigenvalue weighted by atomic mass is 32.1. The molecule has 0 unspecified atom stereocenters. The maximum Gasteiger partial charge on any atom is 0.322 e. The van der Waals surface area contributed by atoms with Gasteiger partial charge in [0.2, 0.25) is 0 Å². The van der Waals surface area contributed by atoms with Gasteiger partial charge in [0.05, 0.1) is 23.0 Å². The number of benzene rings is 2. The van der Waals surface area contributed by atoms with Crippen molar-refractivity contribution in [2.75, 3.05) is 43.5 Å². The Bertz CT molecular complexity index is 1010. The standard InChI is InChI=1S/C21H24N4O2S/c1-14-8-9-18-19(15(14)2)23-21(28-18)25-12-10-24(11-13-25)20(26)22-16-6-4-5-7-17(16)27-3/h4-9H,10-13H2,1-3H3,(H,22,26). The second kappa shape index (κ2) is 7.67. The Balaban J connectivity index is 1.42. The third kappa shape index (κ3) is 3.49. The normalized spacial score (nSPS) is 14.4. The van der Waals surface area contributed by atoms with Crippen LogP contribution in [0.15, 0.2) is 36.4 Å². The third-order valence-electron chi connectivity index (χ3n) is 5.26. The van der Waals surface area contributed by atoms with E-state index in [1.54, 1.807) is 18.4 Å². The van der Waals surface area contributed by atoms with Crippen LogP contribution in [0.4, 0.5) is 15.6 Å². The predicted octanol–water partition coefficient (Wildman–Crippen LogP) is 4.28. The van der Waals surface area contributed by atoms with Crippen LogP contribution in [0.2, 0.25) is 0 Å². The van der Waals surface area contributed by atoms with Crippen LogP contribution in [0.5, 0.6) is 5.75 Å². The lowest BCUT2D eigenvalue weighted by Gasteiger charge is -2.34. The Morgan fingerprint density at radius 2 is 1.86 bits per heavy atom. The van der Waals surface area contributed by atoms with Crippen molar-refractivity contribution in [3.05, 3.63) is 47.5 Å². The number of piperazine rings is 1. The van der Waals surface area contributed by atoms with Gasteiger partial charge in [0.25, 0.3) is 0 Å². The van der Waals surface area contributed by atoms with Gasteiger partial charge in [-0.2, -0.15) is 0 Å². The lowest BCUT2D eigenvalue weighted by atomic mass is 10.1. The number of aryl methyl sites for hydroxylation is 2. The summed E-state index contributed by atoms with van der Waals surface area (Å²) in [4.78, 5) is 21.6. The summed E-state index contributed by atoms with van der Waals surface area (Å²) in [5, 5.41) is 3.99. The molecule has 0 spiro atoms. The summed E-state index contributed by atoms with van der Waals surface area (Å²) in [6.45, 7) is 7.12. The quantitative estimate of drug-likeness (QED) is 0.718. The molecule has 2 heterocycles. The van der Waals surface area contributed by atoms with E-state index in [-0.39, 0.29) is 6.03 Å². The minimum Gasteiger partial charge on any atom is -0.495 e. The lowest BCUT2D eigenvalue weighted by molar-refractivity contribution is 0.208. The van der Waals surface area contributed by atoms with Crippen molar-refractivity contribution >= 4 is 38.4 Å². The molecule has 1 aliphatic heterocycles. The van der Waals surface area contributed by atoms with Crippen molar-refractivity contribution in [3.63, 3.8) is 0 Å². The van der Waals surface area contributed by atoms with Crippen molar-refractivity contribution in [2.24, 2.45) is 0 Å². The maximum absolute atomic E-state index is 12.6. The van der Waals surface area contributed by atoms with Crippen LogP contribution in [-0.2, 0) is 0 Å². The van der Waals surface area contributed by atoms with Crippen LogP contribution in [0.25, 0.3) is 10.2 Å². The number of anilines is 2. The van der Waals surface area contributed by atoms with E-state index in [2.05, 4.69) is 36.2 Å². The third-order valence-corrected chi connectivity index (χ3v) is 6.34. The molecule has 2 amide bonds. The van der Waals surface area contributed by atoms with E-state index in [1.165, 1.54) is 15.8 Å². The van der Waals surface area contributed by atoms with Gasteiger partial charge < -0.3 is 19.9 Å². The van der Waals surface area contributed by atoms with Crippen LogP contribution in [-0.4, -0.2) is 49.2 Å². The minimum absolute atomic E-state index is 0.0973. The first-order valence-corrected chi connectivity index (χ1v) is 10.2. The number of amides is 2. The Kier molecular flexibility index (Phi) is 5.09. The van der Waals surface area contributed by atoms with Gasteiger partial charge in [0, 0.05) is 26.2 Å². The van der Waals surface area contributed by atoms with Gasteiger partial charge in [0.1, 0.15) is 5.75 Å². The second-order valence-electron chi connectivity index (χ2n) is 6.96. The lowest BCUT2D eigenvalue weighted by Crippen LogP contribution is -2.50. The number of carbonyl (C=O) groups excluding carboxylic acids is 1. The highest BCUT2D eigenvalue weighted by Gasteiger charge is 2.24. The number of nitrogens with one attached hydrogen (secondary N) is 1. The van der Waals surface area contributed by atoms with E-state index < -0.39 is 0 Å². The molecule has 0 radical (unpaired) electrons. The van der Waals surface area contributed by atoms with E-state index in [0.29, 0.717) is 24.5 Å². The number of carbonyl (C=O) groups is 1. The zero-order valence-electron chi connectivity index (χ0n) is 16.4. The summed E-state index contributed by atoms with van der Waals surface area (Å²) in [6.07, 6.45) is 0. The average molecular weight is 397 g/mol. The fraction of sp³-hybridized carbons (Fsp3) is 0.333. The summed E-state index contributed by atoms with van der Waals surface area (Å²) < 4.78 is 6.52. The second-order valence-corrected chi connectivity index (χ2v) is 7.96. The van der Waals surface area contributed by atoms with Gasteiger partial charge in [-0.05, 0) is 43.2 Å². The van der Waals surface area contributed by atoms with Gasteiger partial charge in [0.15, 0.2) is 5.13 Å². The monoisotopic (exact) mass is 396 g/mol. The van der Waals surface area contributed by atoms with Crippen LogP contribution in [0, 0.1) is 13.8 Å². The Labute approximate surface area is 168 Å². The van der Waals surface area contributed by atoms with Gasteiger partial charge in [-0.3, -0.25) is 0 Å². The molecule has 0 atom stereocenters. The molecule has 1 aromatic heterocycles. The number of thiazole rings is 1. The van der Waals surface area contributed by atoms with Crippen LogP contribution >= 0.6 is 11.3 Å². The first-order valence-electron chi connectivity index (χ1n) is 9.37. The van der Waals surface area contributed by atoms with Crippen molar-refractivity contribution in [1.29, 1.82) is 0 Å². The van der Waals surface area contributed by atoms with Crippen molar-refractivity contribution in [3.8, 4) is 5.75 Å². The van der Waals surface area contributed by atoms with Gasteiger partial charge >= 0.3 is 6.03 Å². The number of hydrogen-bond acceptors (Lipinski definition) is 5. The Morgan fingerprint density at radius 3 is 2.61 bits per heavy atom. The molecule has 0 bridgehead atoms. The topological polar surface area (TPSA) is 57.7 Å². The average Bonchev–Trinajstić information content (AvgIpc) is 3.16. The number of urea groups is 1. The number of fused-ring (bicyclic) bond motifs is 1. The molecule has 1 aliphatic rings. The molecule has 0 aliphatic carbocycles. The summed E-state index contributed by atoms with van der Waals surface area (Å²) in [5.41, 5.74) is 4.29. The van der Waals surface area contributed by atoms with E-state index in [0.717, 1.165) is 23.7 Å². The molecule has 146 valence electrons. The zero-order valence-corrected chi connectivity index (χ0v) is 17.2. The van der Waals surface area contributed by atoms with Crippen molar-refractivity contribution in [2.45, 2.75) is 13.8 Å². The zero-order chi connectivity index (χ0) is 19.7. The first kappa shape index (κ1) is 18.6. The molecule has 7 heteroatoms. The summed E-state index contributed by atoms with van der Waals surface area (Å²) >= 11 is 1.72. The Morgan fingerprint density at radius 1 is 1.11 bits per heavy atom. The molecule has 1 N–H and O–H groups in total. The summed E-state index contributed by atoms with van der Waals surface area (Å²) in [7, 11) is 1.60. The molecule has 6 nitrogen and oxygen atoms in total. The van der Waals surface area contributed by atoms with Gasteiger partial charge in [-0.15, -0.1) is 0 Å². The molecule has 1 saturated heterocycles. The van der Waals surface area contributed by atoms with Crippen molar-refractivity contribution < 1.29 is 9.53 Å². The molecule has 2 aromatic carbocycles. The van der Waals surface area contributed by atoms with Crippen molar-refractivity contribution in [1.82, 2.24) is 9.88 Å². The van der Waals surface area contributed by atoms with E-state index in [9.17, 15) is 4.79 Å². The number of rotatable bonds is 3. The summed E-state index contributed by atoms with van der Waals surface area (Å²) in [6, 6.07) is 11.7. The fourth-order valence-electron chi connectivity index (χ4n) is 3.39. The summed E-state index contributed by atoms with van der Waals surface area (Å²) in [5.74, 6) is 0.662.